The summed E-state index contributed by atoms with van der Waals surface area (Å²) in [6.45, 7) is 1.89. The SMILES string of the molecule is Cc1nnc(-c2nc(N)cnc2-c2cc(Cl)c3ncccc3c2)s1. The molecule has 8 heteroatoms. The van der Waals surface area contributed by atoms with Crippen LogP contribution in [0.1, 0.15) is 5.01 Å². The van der Waals surface area contributed by atoms with Crippen molar-refractivity contribution < 1.29 is 0 Å². The zero-order chi connectivity index (χ0) is 16.7. The van der Waals surface area contributed by atoms with Gasteiger partial charge in [0, 0.05) is 17.1 Å². The van der Waals surface area contributed by atoms with Crippen LogP contribution in [0.2, 0.25) is 5.02 Å². The summed E-state index contributed by atoms with van der Waals surface area (Å²) in [5, 5.41) is 11.2. The van der Waals surface area contributed by atoms with Gasteiger partial charge in [-0.15, -0.1) is 10.2 Å². The summed E-state index contributed by atoms with van der Waals surface area (Å²) >= 11 is 7.83. The lowest BCUT2D eigenvalue weighted by molar-refractivity contribution is 1.04. The van der Waals surface area contributed by atoms with Gasteiger partial charge in [-0.2, -0.15) is 0 Å². The van der Waals surface area contributed by atoms with E-state index in [-0.39, 0.29) is 0 Å². The zero-order valence-corrected chi connectivity index (χ0v) is 14.1. The van der Waals surface area contributed by atoms with Crippen LogP contribution in [0.4, 0.5) is 5.82 Å². The number of benzene rings is 1. The fourth-order valence-corrected chi connectivity index (χ4v) is 3.40. The van der Waals surface area contributed by atoms with Crippen molar-refractivity contribution >= 4 is 39.7 Å². The van der Waals surface area contributed by atoms with Crippen molar-refractivity contribution in [2.24, 2.45) is 0 Å². The van der Waals surface area contributed by atoms with Crippen molar-refractivity contribution in [3.63, 3.8) is 0 Å². The Morgan fingerprint density at radius 1 is 1.12 bits per heavy atom. The monoisotopic (exact) mass is 354 g/mol. The van der Waals surface area contributed by atoms with Crippen LogP contribution in [-0.4, -0.2) is 25.1 Å². The maximum atomic E-state index is 6.39. The Bertz CT molecular complexity index is 1060. The second-order valence-electron chi connectivity index (χ2n) is 5.15. The Labute approximate surface area is 146 Å². The van der Waals surface area contributed by atoms with Gasteiger partial charge in [0.1, 0.15) is 16.5 Å². The van der Waals surface area contributed by atoms with Crippen molar-refractivity contribution in [3.8, 4) is 22.0 Å². The van der Waals surface area contributed by atoms with Crippen LogP contribution < -0.4 is 5.73 Å². The van der Waals surface area contributed by atoms with Crippen LogP contribution in [0.3, 0.4) is 0 Å². The minimum absolute atomic E-state index is 0.329. The molecule has 24 heavy (non-hydrogen) atoms. The largest absolute Gasteiger partial charge is 0.382 e. The lowest BCUT2D eigenvalue weighted by Crippen LogP contribution is -1.98. The zero-order valence-electron chi connectivity index (χ0n) is 12.6. The van der Waals surface area contributed by atoms with Crippen LogP contribution in [0.15, 0.2) is 36.7 Å². The molecular formula is C16H11ClN6S. The van der Waals surface area contributed by atoms with E-state index in [0.717, 1.165) is 21.5 Å². The number of aromatic nitrogens is 5. The summed E-state index contributed by atoms with van der Waals surface area (Å²) in [7, 11) is 0. The highest BCUT2D eigenvalue weighted by Crippen LogP contribution is 2.34. The number of fused-ring (bicyclic) bond motifs is 1. The minimum atomic E-state index is 0.329. The van der Waals surface area contributed by atoms with E-state index < -0.39 is 0 Å². The van der Waals surface area contributed by atoms with E-state index in [9.17, 15) is 0 Å². The Morgan fingerprint density at radius 3 is 2.79 bits per heavy atom. The number of anilines is 1. The van der Waals surface area contributed by atoms with E-state index in [2.05, 4.69) is 25.1 Å². The Hall–Kier alpha value is -2.64. The molecule has 0 atom stereocenters. The average molecular weight is 355 g/mol. The summed E-state index contributed by atoms with van der Waals surface area (Å²) < 4.78 is 0. The summed E-state index contributed by atoms with van der Waals surface area (Å²) in [4.78, 5) is 13.2. The first-order chi connectivity index (χ1) is 11.6. The molecule has 0 spiro atoms. The molecule has 1 aromatic carbocycles. The van der Waals surface area contributed by atoms with Crippen molar-refractivity contribution in [2.45, 2.75) is 6.92 Å². The van der Waals surface area contributed by atoms with Crippen LogP contribution in [0, 0.1) is 6.92 Å². The maximum absolute atomic E-state index is 6.39. The van der Waals surface area contributed by atoms with E-state index in [1.807, 2.05) is 31.2 Å². The number of nitrogens with two attached hydrogens (primary N) is 1. The second kappa shape index (κ2) is 5.77. The Morgan fingerprint density at radius 2 is 2.00 bits per heavy atom. The van der Waals surface area contributed by atoms with Gasteiger partial charge in [-0.3, -0.25) is 9.97 Å². The molecule has 0 aliphatic heterocycles. The van der Waals surface area contributed by atoms with E-state index in [0.29, 0.717) is 27.2 Å². The molecule has 3 aromatic heterocycles. The van der Waals surface area contributed by atoms with E-state index in [1.54, 1.807) is 6.20 Å². The molecule has 0 fully saturated rings. The summed E-state index contributed by atoms with van der Waals surface area (Å²) in [5.74, 6) is 0.329. The molecule has 0 amide bonds. The first-order valence-electron chi connectivity index (χ1n) is 7.09. The molecule has 4 aromatic rings. The van der Waals surface area contributed by atoms with Crippen LogP contribution >= 0.6 is 22.9 Å². The van der Waals surface area contributed by atoms with Gasteiger partial charge >= 0.3 is 0 Å². The summed E-state index contributed by atoms with van der Waals surface area (Å²) in [5.41, 5.74) is 8.65. The van der Waals surface area contributed by atoms with Gasteiger partial charge in [-0.05, 0) is 25.1 Å². The highest BCUT2D eigenvalue weighted by molar-refractivity contribution is 7.14. The number of hydrogen-bond acceptors (Lipinski definition) is 7. The second-order valence-corrected chi connectivity index (χ2v) is 6.74. The molecule has 0 aliphatic rings. The van der Waals surface area contributed by atoms with Gasteiger partial charge < -0.3 is 5.73 Å². The maximum Gasteiger partial charge on any atom is 0.168 e. The molecule has 3 heterocycles. The first kappa shape index (κ1) is 14.9. The molecular weight excluding hydrogens is 344 g/mol. The topological polar surface area (TPSA) is 90.5 Å². The molecule has 0 bridgehead atoms. The first-order valence-corrected chi connectivity index (χ1v) is 8.29. The molecule has 0 saturated heterocycles. The van der Waals surface area contributed by atoms with Gasteiger partial charge in [-0.25, -0.2) is 4.98 Å². The molecule has 4 rings (SSSR count). The lowest BCUT2D eigenvalue weighted by Gasteiger charge is -2.08. The Balaban J connectivity index is 1.97. The van der Waals surface area contributed by atoms with Crippen LogP contribution in [-0.2, 0) is 0 Å². The minimum Gasteiger partial charge on any atom is -0.382 e. The number of halogens is 1. The normalized spacial score (nSPS) is 11.1. The number of nitrogen functional groups attached to an aromatic ring is 1. The molecule has 0 radical (unpaired) electrons. The van der Waals surface area contributed by atoms with Gasteiger partial charge in [0.15, 0.2) is 5.01 Å². The predicted molar refractivity (Wildman–Crippen MR) is 95.8 cm³/mol. The molecule has 6 nitrogen and oxygen atoms in total. The molecule has 0 unspecified atom stereocenters. The number of nitrogens with zero attached hydrogens (tertiary/aromatic N) is 5. The molecule has 2 N–H and O–H groups in total. The van der Waals surface area contributed by atoms with E-state index >= 15 is 0 Å². The molecule has 0 saturated carbocycles. The summed E-state index contributed by atoms with van der Waals surface area (Å²) in [6, 6.07) is 7.63. The van der Waals surface area contributed by atoms with E-state index in [1.165, 1.54) is 17.5 Å². The number of rotatable bonds is 2. The average Bonchev–Trinajstić information content (AvgIpc) is 3.01. The number of hydrogen-bond donors (Lipinski definition) is 1. The van der Waals surface area contributed by atoms with Crippen LogP contribution in [0.25, 0.3) is 32.9 Å². The van der Waals surface area contributed by atoms with Gasteiger partial charge in [0.05, 0.1) is 22.4 Å². The molecule has 0 aliphatic carbocycles. The smallest absolute Gasteiger partial charge is 0.168 e. The highest BCUT2D eigenvalue weighted by Gasteiger charge is 2.17. The fourth-order valence-electron chi connectivity index (χ4n) is 2.44. The van der Waals surface area contributed by atoms with E-state index in [4.69, 9.17) is 17.3 Å². The predicted octanol–water partition coefficient (Wildman–Crippen LogP) is 3.75. The van der Waals surface area contributed by atoms with Crippen molar-refractivity contribution in [2.75, 3.05) is 5.73 Å². The van der Waals surface area contributed by atoms with Gasteiger partial charge in [-0.1, -0.05) is 29.0 Å². The third-order valence-electron chi connectivity index (χ3n) is 3.45. The Kier molecular flexibility index (Phi) is 3.59. The van der Waals surface area contributed by atoms with Crippen molar-refractivity contribution in [1.29, 1.82) is 0 Å². The van der Waals surface area contributed by atoms with Crippen molar-refractivity contribution in [3.05, 3.63) is 46.7 Å². The van der Waals surface area contributed by atoms with Crippen LogP contribution in [0.5, 0.6) is 0 Å². The fraction of sp³-hybridized carbons (Fsp3) is 0.0625. The number of aryl methyl sites for hydroxylation is 1. The third kappa shape index (κ3) is 2.57. The lowest BCUT2D eigenvalue weighted by atomic mass is 10.1. The highest BCUT2D eigenvalue weighted by atomic mass is 35.5. The molecule has 118 valence electrons. The van der Waals surface area contributed by atoms with Gasteiger partial charge in [0.2, 0.25) is 0 Å². The quantitative estimate of drug-likeness (QED) is 0.589. The standard InChI is InChI=1S/C16H11ClN6S/c1-8-22-23-16(24-8)15-14(20-7-12(18)21-15)10-5-9-3-2-4-19-13(9)11(17)6-10/h2-7H,1H3,(H2,18,21). The third-order valence-corrected chi connectivity index (χ3v) is 4.59. The number of pyridine rings is 1. The summed E-state index contributed by atoms with van der Waals surface area (Å²) in [6.07, 6.45) is 3.24. The van der Waals surface area contributed by atoms with Gasteiger partial charge in [0.25, 0.3) is 0 Å². The van der Waals surface area contributed by atoms with Crippen molar-refractivity contribution in [1.82, 2.24) is 25.1 Å².